The Bertz CT molecular complexity index is 1480. The van der Waals surface area contributed by atoms with E-state index in [1.807, 2.05) is 0 Å². The number of hydrogen-bond donors (Lipinski definition) is 4. The number of pyridine rings is 1. The summed E-state index contributed by atoms with van der Waals surface area (Å²) in [6.45, 7) is 2.74. The van der Waals surface area contributed by atoms with E-state index in [-0.39, 0.29) is 34.8 Å². The molecule has 3 heterocycles. The fourth-order valence-corrected chi connectivity index (χ4v) is 7.46. The maximum absolute atomic E-state index is 15.3. The number of nitrogens with zero attached hydrogens (tertiary/aromatic N) is 4. The Morgan fingerprint density at radius 3 is 2.19 bits per heavy atom. The smallest absolute Gasteiger partial charge is 0.270 e. The van der Waals surface area contributed by atoms with E-state index in [0.29, 0.717) is 17.0 Å². The summed E-state index contributed by atoms with van der Waals surface area (Å²) in [4.78, 5) is 32.0. The lowest BCUT2D eigenvalue weighted by Gasteiger charge is -2.41. The summed E-state index contributed by atoms with van der Waals surface area (Å²) in [7, 11) is 0. The zero-order chi connectivity index (χ0) is 33.7. The van der Waals surface area contributed by atoms with E-state index in [4.69, 9.17) is 0 Å². The fraction of sp³-hybridized carbons (Fsp3) is 0.606. The molecule has 2 unspecified atom stereocenters. The molecule has 5 rings (SSSR count). The molecule has 0 bridgehead atoms. The van der Waals surface area contributed by atoms with E-state index in [2.05, 4.69) is 30.9 Å². The van der Waals surface area contributed by atoms with Crippen molar-refractivity contribution in [1.82, 2.24) is 30.3 Å². The third-order valence-electron chi connectivity index (χ3n) is 9.77. The van der Waals surface area contributed by atoms with Crippen LogP contribution in [0.2, 0.25) is 0 Å². The lowest BCUT2D eigenvalue weighted by atomic mass is 9.66. The predicted molar refractivity (Wildman–Crippen MR) is 167 cm³/mol. The molecule has 4 N–H and O–H groups in total. The molecule has 47 heavy (non-hydrogen) atoms. The maximum atomic E-state index is 15.3. The van der Waals surface area contributed by atoms with Crippen molar-refractivity contribution >= 4 is 17.6 Å². The highest BCUT2D eigenvalue weighted by Crippen LogP contribution is 2.42. The van der Waals surface area contributed by atoms with Gasteiger partial charge in [-0.15, -0.1) is 0 Å². The van der Waals surface area contributed by atoms with Crippen LogP contribution in [0.3, 0.4) is 0 Å². The number of amides is 2. The van der Waals surface area contributed by atoms with Crippen molar-refractivity contribution < 1.29 is 32.3 Å². The number of aliphatic hydroxyl groups excluding tert-OH is 1. The minimum Gasteiger partial charge on any atom is -0.384 e. The molecule has 0 radical (unpaired) electrons. The number of carbonyl (C=O) groups excluding carboxylic acids is 2. The van der Waals surface area contributed by atoms with Crippen LogP contribution in [-0.4, -0.2) is 66.6 Å². The molecule has 0 saturated heterocycles. The highest BCUT2D eigenvalue weighted by Gasteiger charge is 2.42. The number of nitrogens with one attached hydrogen (secondary N) is 3. The van der Waals surface area contributed by atoms with Gasteiger partial charge in [0.25, 0.3) is 12.3 Å². The number of aromatic nitrogens is 5. The van der Waals surface area contributed by atoms with Gasteiger partial charge in [-0.05, 0) is 49.8 Å². The largest absolute Gasteiger partial charge is 0.384 e. The standard InChI is InChI=1S/C33H43F4N7O3/c1-18-26(19(2)43-42-18)22-13-14-25(39-31(22)37)40-33(47)28(27(20-9-5-3-6-10-20)21-11-7-4-8-12-21)41-32(46)24-15-16-38-44(24)17-23(34)29(45)30(35)36/h13-16,20-21,23,27-30,45H,3-12,17H2,1-2H3,(H,41,46)(H,42,43)(H,39,40,47)/t23?,28-,29?/m0/s1. The van der Waals surface area contributed by atoms with Crippen LogP contribution in [0.25, 0.3) is 11.1 Å². The SMILES string of the molecule is Cc1n[nH]c(C)c1-c1ccc(NC(=O)[C@@H](NC(=O)c2ccnn2CC(F)C(O)C(F)F)C(C2CCCCC2)C2CCCCC2)nc1F. The first kappa shape index (κ1) is 34.5. The topological polar surface area (TPSA) is 138 Å². The third kappa shape index (κ3) is 8.02. The van der Waals surface area contributed by atoms with Crippen molar-refractivity contribution in [3.05, 3.63) is 47.4 Å². The summed E-state index contributed by atoms with van der Waals surface area (Å²) < 4.78 is 56.6. The second-order valence-electron chi connectivity index (χ2n) is 12.9. The van der Waals surface area contributed by atoms with Crippen LogP contribution in [0.1, 0.15) is 86.1 Å². The first-order chi connectivity index (χ1) is 22.5. The molecule has 2 fully saturated rings. The van der Waals surface area contributed by atoms with Crippen molar-refractivity contribution in [3.63, 3.8) is 0 Å². The molecule has 0 spiro atoms. The Kier molecular flexibility index (Phi) is 11.3. The predicted octanol–water partition coefficient (Wildman–Crippen LogP) is 5.90. The van der Waals surface area contributed by atoms with Crippen LogP contribution in [0.5, 0.6) is 0 Å². The van der Waals surface area contributed by atoms with E-state index in [1.54, 1.807) is 13.8 Å². The third-order valence-corrected chi connectivity index (χ3v) is 9.77. The van der Waals surface area contributed by atoms with Gasteiger partial charge in [-0.2, -0.15) is 14.6 Å². The van der Waals surface area contributed by atoms with Crippen molar-refractivity contribution in [2.24, 2.45) is 17.8 Å². The number of rotatable bonds is 12. The van der Waals surface area contributed by atoms with Crippen molar-refractivity contribution in [2.75, 3.05) is 5.32 Å². The van der Waals surface area contributed by atoms with E-state index >= 15 is 4.39 Å². The van der Waals surface area contributed by atoms with Crippen molar-refractivity contribution in [1.29, 1.82) is 0 Å². The molecule has 256 valence electrons. The Labute approximate surface area is 271 Å². The molecular formula is C33H43F4N7O3. The number of aliphatic hydroxyl groups is 1. The summed E-state index contributed by atoms with van der Waals surface area (Å²) in [6.07, 6.45) is 2.82. The summed E-state index contributed by atoms with van der Waals surface area (Å²) in [5.74, 6) is -2.03. The molecule has 0 aliphatic heterocycles. The van der Waals surface area contributed by atoms with E-state index < -0.39 is 49.0 Å². The number of H-pyrrole nitrogens is 1. The number of aromatic amines is 1. The van der Waals surface area contributed by atoms with Gasteiger partial charge in [-0.25, -0.2) is 18.2 Å². The van der Waals surface area contributed by atoms with Gasteiger partial charge in [-0.1, -0.05) is 64.2 Å². The molecule has 3 atom stereocenters. The summed E-state index contributed by atoms with van der Waals surface area (Å²) >= 11 is 0. The average molecular weight is 662 g/mol. The van der Waals surface area contributed by atoms with Gasteiger partial charge in [0.1, 0.15) is 23.7 Å². The highest BCUT2D eigenvalue weighted by atomic mass is 19.3. The Balaban J connectivity index is 1.44. The van der Waals surface area contributed by atoms with Crippen molar-refractivity contribution in [3.8, 4) is 11.1 Å². The molecule has 10 nitrogen and oxygen atoms in total. The second kappa shape index (κ2) is 15.4. The summed E-state index contributed by atoms with van der Waals surface area (Å²) in [6, 6.07) is 3.28. The molecule has 3 aromatic heterocycles. The van der Waals surface area contributed by atoms with Crippen LogP contribution in [0.4, 0.5) is 23.4 Å². The van der Waals surface area contributed by atoms with Gasteiger partial charge < -0.3 is 15.7 Å². The van der Waals surface area contributed by atoms with Crippen LogP contribution in [0.15, 0.2) is 24.4 Å². The molecule has 2 aliphatic carbocycles. The Morgan fingerprint density at radius 2 is 1.64 bits per heavy atom. The minimum atomic E-state index is -3.31. The molecule has 3 aromatic rings. The number of aryl methyl sites for hydroxylation is 2. The maximum Gasteiger partial charge on any atom is 0.270 e. The number of anilines is 1. The monoisotopic (exact) mass is 661 g/mol. The Hall–Kier alpha value is -3.81. The summed E-state index contributed by atoms with van der Waals surface area (Å²) in [5.41, 5.74) is 1.95. The van der Waals surface area contributed by atoms with Crippen molar-refractivity contribution in [2.45, 2.75) is 109 Å². The molecule has 0 aromatic carbocycles. The normalized spacial score (nSPS) is 18.3. The van der Waals surface area contributed by atoms with Gasteiger partial charge in [0.05, 0.1) is 12.2 Å². The number of halogens is 4. The zero-order valence-corrected chi connectivity index (χ0v) is 26.7. The van der Waals surface area contributed by atoms with Gasteiger partial charge in [-0.3, -0.25) is 19.4 Å². The van der Waals surface area contributed by atoms with Gasteiger partial charge >= 0.3 is 0 Å². The van der Waals surface area contributed by atoms with Crippen LogP contribution in [0, 0.1) is 37.5 Å². The van der Waals surface area contributed by atoms with Gasteiger partial charge in [0, 0.05) is 23.0 Å². The first-order valence-corrected chi connectivity index (χ1v) is 16.5. The van der Waals surface area contributed by atoms with Gasteiger partial charge in [0.2, 0.25) is 11.9 Å². The molecular weight excluding hydrogens is 618 g/mol. The fourth-order valence-electron chi connectivity index (χ4n) is 7.46. The lowest BCUT2D eigenvalue weighted by Crippen LogP contribution is -2.53. The first-order valence-electron chi connectivity index (χ1n) is 16.5. The number of alkyl halides is 3. The van der Waals surface area contributed by atoms with E-state index in [9.17, 15) is 27.9 Å². The van der Waals surface area contributed by atoms with Gasteiger partial charge in [0.15, 0.2) is 6.17 Å². The van der Waals surface area contributed by atoms with E-state index in [0.717, 1.165) is 68.9 Å². The Morgan fingerprint density at radius 1 is 1.00 bits per heavy atom. The quantitative estimate of drug-likeness (QED) is 0.141. The second-order valence-corrected chi connectivity index (χ2v) is 12.9. The average Bonchev–Trinajstić information content (AvgIpc) is 3.66. The van der Waals surface area contributed by atoms with Crippen LogP contribution < -0.4 is 10.6 Å². The molecule has 2 aliphatic rings. The summed E-state index contributed by atoms with van der Waals surface area (Å²) in [5, 5.41) is 26.0. The molecule has 2 amide bonds. The number of carbonyl (C=O) groups is 2. The van der Waals surface area contributed by atoms with Crippen LogP contribution in [-0.2, 0) is 11.3 Å². The molecule has 14 heteroatoms. The molecule has 2 saturated carbocycles. The lowest BCUT2D eigenvalue weighted by molar-refractivity contribution is -0.121. The van der Waals surface area contributed by atoms with E-state index in [1.165, 1.54) is 24.4 Å². The minimum absolute atomic E-state index is 0.0216. The zero-order valence-electron chi connectivity index (χ0n) is 26.7. The highest BCUT2D eigenvalue weighted by molar-refractivity contribution is 6.00. The van der Waals surface area contributed by atoms with Crippen LogP contribution >= 0.6 is 0 Å². The number of hydrogen-bond acceptors (Lipinski definition) is 6.